The normalized spacial score (nSPS) is 15.6. The number of anilines is 2. The molecule has 1 aromatic rings. The van der Waals surface area contributed by atoms with Crippen molar-refractivity contribution < 1.29 is 9.53 Å². The summed E-state index contributed by atoms with van der Waals surface area (Å²) in [6, 6.07) is -0.0250. The van der Waals surface area contributed by atoms with Crippen LogP contribution in [0.25, 0.3) is 0 Å². The Kier molecular flexibility index (Phi) is 7.46. The molecule has 152 valence electrons. The number of nitrogens with one attached hydrogen (secondary N) is 1. The highest BCUT2D eigenvalue weighted by Crippen LogP contribution is 2.18. The lowest BCUT2D eigenvalue weighted by Gasteiger charge is -2.30. The van der Waals surface area contributed by atoms with E-state index in [1.165, 1.54) is 4.57 Å². The molecular formula is C18H31N5O4. The Labute approximate surface area is 159 Å². The number of unbranched alkanes of at least 4 members (excludes halogenated alkanes) is 1. The summed E-state index contributed by atoms with van der Waals surface area (Å²) in [5, 5.41) is 2.80. The first-order valence-electron chi connectivity index (χ1n) is 9.65. The van der Waals surface area contributed by atoms with Crippen LogP contribution in [0.5, 0.6) is 0 Å². The molecule has 1 aliphatic heterocycles. The van der Waals surface area contributed by atoms with Gasteiger partial charge in [-0.15, -0.1) is 0 Å². The van der Waals surface area contributed by atoms with Gasteiger partial charge in [0, 0.05) is 25.7 Å². The standard InChI is InChI=1S/C18H31N5O4/c1-4-6-7-22-16(19)15(21-8-10-27-11-9-21)17(25)23(18(22)26)12-14(24)20-13(3)5-2/h13H,4-12,19H2,1-3H3,(H,20,24)/t13-/m1/s1. The summed E-state index contributed by atoms with van der Waals surface area (Å²) in [7, 11) is 0. The summed E-state index contributed by atoms with van der Waals surface area (Å²) < 4.78 is 7.75. The van der Waals surface area contributed by atoms with Gasteiger partial charge >= 0.3 is 5.69 Å². The maximum absolute atomic E-state index is 13.0. The molecule has 0 aliphatic carbocycles. The second kappa shape index (κ2) is 9.59. The SMILES string of the molecule is CCCCn1c(N)c(N2CCOCC2)c(=O)n(CC(=O)N[C@H](C)CC)c1=O. The number of carbonyl (C=O) groups is 1. The van der Waals surface area contributed by atoms with Crippen molar-refractivity contribution in [3.8, 4) is 0 Å². The smallest absolute Gasteiger partial charge is 0.333 e. The second-order valence-corrected chi connectivity index (χ2v) is 6.89. The second-order valence-electron chi connectivity index (χ2n) is 6.89. The molecule has 0 bridgehead atoms. The van der Waals surface area contributed by atoms with Gasteiger partial charge in [-0.1, -0.05) is 20.3 Å². The van der Waals surface area contributed by atoms with E-state index >= 15 is 0 Å². The van der Waals surface area contributed by atoms with Gasteiger partial charge in [0.2, 0.25) is 5.91 Å². The van der Waals surface area contributed by atoms with Gasteiger partial charge in [-0.25, -0.2) is 9.36 Å². The quantitative estimate of drug-likeness (QED) is 0.663. The third-order valence-electron chi connectivity index (χ3n) is 4.83. The summed E-state index contributed by atoms with van der Waals surface area (Å²) in [5.41, 5.74) is 5.45. The highest BCUT2D eigenvalue weighted by molar-refractivity contribution is 5.76. The van der Waals surface area contributed by atoms with Crippen molar-refractivity contribution in [1.29, 1.82) is 0 Å². The van der Waals surface area contributed by atoms with Crippen LogP contribution < -0.4 is 27.2 Å². The summed E-state index contributed by atoms with van der Waals surface area (Å²) in [6.45, 7) is 7.95. The average Bonchev–Trinajstić information content (AvgIpc) is 2.66. The molecule has 0 saturated carbocycles. The highest BCUT2D eigenvalue weighted by Gasteiger charge is 2.24. The van der Waals surface area contributed by atoms with Crippen molar-refractivity contribution >= 4 is 17.4 Å². The van der Waals surface area contributed by atoms with Gasteiger partial charge in [0.1, 0.15) is 18.1 Å². The largest absolute Gasteiger partial charge is 0.383 e. The summed E-state index contributed by atoms with van der Waals surface area (Å²) >= 11 is 0. The van der Waals surface area contributed by atoms with E-state index < -0.39 is 11.2 Å². The molecule has 1 saturated heterocycles. The predicted molar refractivity (Wildman–Crippen MR) is 105 cm³/mol. The molecular weight excluding hydrogens is 350 g/mol. The van der Waals surface area contributed by atoms with Crippen LogP contribution >= 0.6 is 0 Å². The first-order chi connectivity index (χ1) is 12.9. The van der Waals surface area contributed by atoms with Gasteiger partial charge in [0.05, 0.1) is 13.2 Å². The summed E-state index contributed by atoms with van der Waals surface area (Å²) in [6.07, 6.45) is 2.40. The minimum absolute atomic E-state index is 0.0250. The van der Waals surface area contributed by atoms with Crippen molar-refractivity contribution in [3.05, 3.63) is 20.8 Å². The Hall–Kier alpha value is -2.29. The van der Waals surface area contributed by atoms with Gasteiger partial charge in [0.15, 0.2) is 0 Å². The molecule has 1 aromatic heterocycles. The van der Waals surface area contributed by atoms with E-state index in [0.717, 1.165) is 23.8 Å². The molecule has 1 fully saturated rings. The van der Waals surface area contributed by atoms with Gasteiger partial charge in [-0.2, -0.15) is 0 Å². The molecule has 1 atom stereocenters. The molecule has 0 unspecified atom stereocenters. The van der Waals surface area contributed by atoms with E-state index in [-0.39, 0.29) is 30.0 Å². The van der Waals surface area contributed by atoms with Crippen molar-refractivity contribution in [3.63, 3.8) is 0 Å². The lowest BCUT2D eigenvalue weighted by molar-refractivity contribution is -0.122. The summed E-state index contributed by atoms with van der Waals surface area (Å²) in [5.74, 6) is -0.192. The van der Waals surface area contributed by atoms with Crippen LogP contribution in [0, 0.1) is 0 Å². The van der Waals surface area contributed by atoms with Gasteiger partial charge < -0.3 is 20.7 Å². The fourth-order valence-corrected chi connectivity index (χ4v) is 3.02. The Bertz CT molecular complexity index is 764. The molecule has 2 heterocycles. The average molecular weight is 381 g/mol. The van der Waals surface area contributed by atoms with Crippen LogP contribution in [-0.4, -0.2) is 47.4 Å². The third kappa shape index (κ3) is 4.91. The van der Waals surface area contributed by atoms with E-state index in [1.54, 1.807) is 0 Å². The van der Waals surface area contributed by atoms with Crippen LogP contribution in [0.1, 0.15) is 40.0 Å². The minimum Gasteiger partial charge on any atom is -0.383 e. The predicted octanol–water partition coefficient (Wildman–Crippen LogP) is 0.144. The lowest BCUT2D eigenvalue weighted by Crippen LogP contribution is -2.49. The molecule has 0 spiro atoms. The number of carbonyl (C=O) groups excluding carboxylic acids is 1. The Morgan fingerprint density at radius 1 is 1.22 bits per heavy atom. The number of hydrogen-bond acceptors (Lipinski definition) is 6. The number of hydrogen-bond donors (Lipinski definition) is 2. The zero-order valence-corrected chi connectivity index (χ0v) is 16.5. The number of amides is 1. The van der Waals surface area contributed by atoms with Crippen LogP contribution in [0.3, 0.4) is 0 Å². The zero-order chi connectivity index (χ0) is 20.0. The van der Waals surface area contributed by atoms with Crippen molar-refractivity contribution in [2.75, 3.05) is 36.9 Å². The number of nitrogen functional groups attached to an aromatic ring is 1. The lowest BCUT2D eigenvalue weighted by atomic mass is 10.2. The van der Waals surface area contributed by atoms with Crippen LogP contribution in [0.4, 0.5) is 11.5 Å². The van der Waals surface area contributed by atoms with E-state index in [4.69, 9.17) is 10.5 Å². The van der Waals surface area contributed by atoms with E-state index in [9.17, 15) is 14.4 Å². The molecule has 1 amide bonds. The number of nitrogens with two attached hydrogens (primary N) is 1. The van der Waals surface area contributed by atoms with Crippen molar-refractivity contribution in [2.45, 2.75) is 59.2 Å². The molecule has 0 radical (unpaired) electrons. The zero-order valence-electron chi connectivity index (χ0n) is 16.5. The van der Waals surface area contributed by atoms with Gasteiger partial charge in [-0.3, -0.25) is 14.2 Å². The highest BCUT2D eigenvalue weighted by atomic mass is 16.5. The fraction of sp³-hybridized carbons (Fsp3) is 0.722. The van der Waals surface area contributed by atoms with Crippen LogP contribution in [0.15, 0.2) is 9.59 Å². The van der Waals surface area contributed by atoms with Crippen molar-refractivity contribution in [2.24, 2.45) is 0 Å². The Balaban J connectivity index is 2.48. The van der Waals surface area contributed by atoms with E-state index in [0.29, 0.717) is 32.8 Å². The maximum Gasteiger partial charge on any atom is 0.333 e. The topological polar surface area (TPSA) is 112 Å². The number of nitrogens with zero attached hydrogens (tertiary/aromatic N) is 3. The molecule has 3 N–H and O–H groups in total. The molecule has 9 heteroatoms. The van der Waals surface area contributed by atoms with Crippen LogP contribution in [0.2, 0.25) is 0 Å². The number of ether oxygens (including phenoxy) is 1. The number of aromatic nitrogens is 2. The minimum atomic E-state index is -0.540. The van der Waals surface area contributed by atoms with Crippen LogP contribution in [-0.2, 0) is 22.6 Å². The van der Waals surface area contributed by atoms with E-state index in [1.807, 2.05) is 25.7 Å². The Morgan fingerprint density at radius 3 is 2.48 bits per heavy atom. The molecule has 27 heavy (non-hydrogen) atoms. The first kappa shape index (κ1) is 21.0. The van der Waals surface area contributed by atoms with Gasteiger partial charge in [-0.05, 0) is 19.8 Å². The fourth-order valence-electron chi connectivity index (χ4n) is 3.02. The molecule has 0 aromatic carbocycles. The van der Waals surface area contributed by atoms with Crippen molar-refractivity contribution in [1.82, 2.24) is 14.5 Å². The maximum atomic E-state index is 13.0. The third-order valence-corrected chi connectivity index (χ3v) is 4.83. The Morgan fingerprint density at radius 2 is 1.89 bits per heavy atom. The van der Waals surface area contributed by atoms with E-state index in [2.05, 4.69) is 5.32 Å². The number of rotatable bonds is 8. The molecule has 1 aliphatic rings. The molecule has 2 rings (SSSR count). The molecule has 9 nitrogen and oxygen atoms in total. The first-order valence-corrected chi connectivity index (χ1v) is 9.65. The summed E-state index contributed by atoms with van der Waals surface area (Å²) in [4.78, 5) is 40.0. The number of morpholine rings is 1. The monoisotopic (exact) mass is 381 g/mol. The van der Waals surface area contributed by atoms with Gasteiger partial charge in [0.25, 0.3) is 5.56 Å².